The summed E-state index contributed by atoms with van der Waals surface area (Å²) in [5.74, 6) is -1.02. The van der Waals surface area contributed by atoms with Gasteiger partial charge in [0, 0.05) is 36.3 Å². The number of nitrogens with one attached hydrogen (secondary N) is 3. The molecule has 0 spiro atoms. The van der Waals surface area contributed by atoms with E-state index in [1.165, 1.54) is 0 Å². The van der Waals surface area contributed by atoms with Crippen molar-refractivity contribution in [3.05, 3.63) is 54.6 Å². The van der Waals surface area contributed by atoms with Crippen LogP contribution in [0.15, 0.2) is 54.6 Å². The molecule has 0 saturated carbocycles. The first kappa shape index (κ1) is 18.4. The van der Waals surface area contributed by atoms with Gasteiger partial charge >= 0.3 is 5.97 Å². The summed E-state index contributed by atoms with van der Waals surface area (Å²) < 4.78 is 4.78. The molecule has 27 heavy (non-hydrogen) atoms. The standard InChI is InChI=1S/C20H21N3O4/c24-18(10-11-19(25)23-17-12-13-27-20(17)26)22-16-8-6-15(7-9-16)21-14-4-2-1-3-5-14/h1-9,17,21H,10-13H2,(H,22,24)(H,23,25)/t17-/m0/s1. The van der Waals surface area contributed by atoms with Gasteiger partial charge in [-0.25, -0.2) is 4.79 Å². The fraction of sp³-hybridized carbons (Fsp3) is 0.250. The highest BCUT2D eigenvalue weighted by molar-refractivity contribution is 5.94. The number of hydrogen-bond acceptors (Lipinski definition) is 5. The van der Waals surface area contributed by atoms with Crippen molar-refractivity contribution in [1.29, 1.82) is 0 Å². The quantitative estimate of drug-likeness (QED) is 0.654. The van der Waals surface area contributed by atoms with Crippen molar-refractivity contribution >= 4 is 34.8 Å². The molecule has 1 heterocycles. The molecule has 1 saturated heterocycles. The van der Waals surface area contributed by atoms with Crippen LogP contribution in [0.25, 0.3) is 0 Å². The predicted octanol–water partition coefficient (Wildman–Crippen LogP) is 2.58. The molecule has 140 valence electrons. The number of carbonyl (C=O) groups is 3. The van der Waals surface area contributed by atoms with Crippen LogP contribution in [0, 0.1) is 0 Å². The number of carbonyl (C=O) groups excluding carboxylic acids is 3. The van der Waals surface area contributed by atoms with Gasteiger partial charge in [0.1, 0.15) is 6.04 Å². The molecule has 2 aromatic rings. The lowest BCUT2D eigenvalue weighted by Crippen LogP contribution is -2.38. The van der Waals surface area contributed by atoms with E-state index in [-0.39, 0.29) is 24.7 Å². The molecule has 1 fully saturated rings. The number of benzene rings is 2. The van der Waals surface area contributed by atoms with Crippen LogP contribution in [0.4, 0.5) is 17.1 Å². The average Bonchev–Trinajstić information content (AvgIpc) is 3.07. The average molecular weight is 367 g/mol. The van der Waals surface area contributed by atoms with Crippen LogP contribution >= 0.6 is 0 Å². The van der Waals surface area contributed by atoms with Crippen LogP contribution in [0.3, 0.4) is 0 Å². The van der Waals surface area contributed by atoms with E-state index in [0.29, 0.717) is 18.7 Å². The Morgan fingerprint density at radius 2 is 1.52 bits per heavy atom. The van der Waals surface area contributed by atoms with Crippen LogP contribution in [0.5, 0.6) is 0 Å². The summed E-state index contributed by atoms with van der Waals surface area (Å²) >= 11 is 0. The van der Waals surface area contributed by atoms with Crippen molar-refractivity contribution in [2.75, 3.05) is 17.2 Å². The Labute approximate surface area is 157 Å². The number of hydrogen-bond donors (Lipinski definition) is 3. The van der Waals surface area contributed by atoms with Gasteiger partial charge in [-0.3, -0.25) is 9.59 Å². The molecule has 0 aliphatic carbocycles. The highest BCUT2D eigenvalue weighted by Gasteiger charge is 2.27. The minimum atomic E-state index is -0.592. The third-order valence-electron chi connectivity index (χ3n) is 4.08. The molecule has 1 atom stereocenters. The first-order valence-corrected chi connectivity index (χ1v) is 8.78. The van der Waals surface area contributed by atoms with E-state index in [4.69, 9.17) is 4.74 Å². The summed E-state index contributed by atoms with van der Waals surface area (Å²) in [6, 6.07) is 16.5. The molecule has 0 aromatic heterocycles. The minimum absolute atomic E-state index is 0.0171. The zero-order chi connectivity index (χ0) is 19.1. The van der Waals surface area contributed by atoms with Gasteiger partial charge in [-0.15, -0.1) is 0 Å². The van der Waals surface area contributed by atoms with E-state index < -0.39 is 12.0 Å². The maximum atomic E-state index is 12.0. The van der Waals surface area contributed by atoms with Gasteiger partial charge in [-0.1, -0.05) is 18.2 Å². The van der Waals surface area contributed by atoms with Crippen LogP contribution in [-0.4, -0.2) is 30.4 Å². The first-order valence-electron chi connectivity index (χ1n) is 8.78. The lowest BCUT2D eigenvalue weighted by Gasteiger charge is -2.10. The van der Waals surface area contributed by atoms with Crippen molar-refractivity contribution < 1.29 is 19.1 Å². The number of para-hydroxylation sites is 1. The molecule has 0 radical (unpaired) electrons. The number of anilines is 3. The molecule has 2 aromatic carbocycles. The summed E-state index contributed by atoms with van der Waals surface area (Å²) in [5, 5.41) is 8.59. The minimum Gasteiger partial charge on any atom is -0.464 e. The molecule has 7 heteroatoms. The van der Waals surface area contributed by atoms with E-state index in [2.05, 4.69) is 16.0 Å². The number of cyclic esters (lactones) is 1. The van der Waals surface area contributed by atoms with Crippen molar-refractivity contribution in [3.8, 4) is 0 Å². The number of rotatable bonds is 7. The second kappa shape index (κ2) is 8.84. The molecule has 1 aliphatic heterocycles. The Balaban J connectivity index is 1.42. The van der Waals surface area contributed by atoms with E-state index in [1.54, 1.807) is 12.1 Å². The summed E-state index contributed by atoms with van der Waals surface area (Å²) in [7, 11) is 0. The van der Waals surface area contributed by atoms with Gasteiger partial charge in [-0.05, 0) is 36.4 Å². The maximum Gasteiger partial charge on any atom is 0.328 e. The van der Waals surface area contributed by atoms with Gasteiger partial charge in [0.15, 0.2) is 0 Å². The number of ether oxygens (including phenoxy) is 1. The Hall–Kier alpha value is -3.35. The molecule has 2 amide bonds. The zero-order valence-corrected chi connectivity index (χ0v) is 14.7. The van der Waals surface area contributed by atoms with Crippen LogP contribution in [0.1, 0.15) is 19.3 Å². The topological polar surface area (TPSA) is 96.5 Å². The van der Waals surface area contributed by atoms with Gasteiger partial charge in [0.2, 0.25) is 11.8 Å². The third-order valence-corrected chi connectivity index (χ3v) is 4.08. The Morgan fingerprint density at radius 3 is 2.19 bits per heavy atom. The highest BCUT2D eigenvalue weighted by Crippen LogP contribution is 2.18. The zero-order valence-electron chi connectivity index (χ0n) is 14.7. The van der Waals surface area contributed by atoms with Gasteiger partial charge in [0.05, 0.1) is 6.61 Å². The van der Waals surface area contributed by atoms with Crippen molar-refractivity contribution in [3.63, 3.8) is 0 Å². The summed E-state index contributed by atoms with van der Waals surface area (Å²) in [6.45, 7) is 0.319. The van der Waals surface area contributed by atoms with E-state index in [0.717, 1.165) is 11.4 Å². The fourth-order valence-electron chi connectivity index (χ4n) is 2.67. The molecule has 3 rings (SSSR count). The molecule has 0 unspecified atom stereocenters. The highest BCUT2D eigenvalue weighted by atomic mass is 16.5. The third kappa shape index (κ3) is 5.57. The van der Waals surface area contributed by atoms with Gasteiger partial charge in [0.25, 0.3) is 0 Å². The second-order valence-corrected chi connectivity index (χ2v) is 6.19. The SMILES string of the molecule is O=C(CCC(=O)N[C@H]1CCOC1=O)Nc1ccc(Nc2ccccc2)cc1. The largest absolute Gasteiger partial charge is 0.464 e. The first-order chi connectivity index (χ1) is 13.1. The Morgan fingerprint density at radius 1 is 0.889 bits per heavy atom. The van der Waals surface area contributed by atoms with Crippen LogP contribution in [-0.2, 0) is 19.1 Å². The van der Waals surface area contributed by atoms with Crippen LogP contribution in [0.2, 0.25) is 0 Å². The lowest BCUT2D eigenvalue weighted by molar-refractivity contribution is -0.141. The lowest BCUT2D eigenvalue weighted by atomic mass is 10.2. The van der Waals surface area contributed by atoms with Crippen molar-refractivity contribution in [1.82, 2.24) is 5.32 Å². The maximum absolute atomic E-state index is 12.0. The van der Waals surface area contributed by atoms with Crippen molar-refractivity contribution in [2.45, 2.75) is 25.3 Å². The normalized spacial score (nSPS) is 15.7. The van der Waals surface area contributed by atoms with Crippen LogP contribution < -0.4 is 16.0 Å². The summed E-state index contributed by atoms with van der Waals surface area (Å²) in [6.07, 6.45) is 0.529. The monoisotopic (exact) mass is 367 g/mol. The smallest absolute Gasteiger partial charge is 0.328 e. The Kier molecular flexibility index (Phi) is 6.04. The van der Waals surface area contributed by atoms with Gasteiger partial charge < -0.3 is 20.7 Å². The van der Waals surface area contributed by atoms with Crippen molar-refractivity contribution in [2.24, 2.45) is 0 Å². The molecule has 0 bridgehead atoms. The molecule has 7 nitrogen and oxygen atoms in total. The summed E-state index contributed by atoms with van der Waals surface area (Å²) in [5.41, 5.74) is 2.53. The molecule has 1 aliphatic rings. The van der Waals surface area contributed by atoms with Gasteiger partial charge in [-0.2, -0.15) is 0 Å². The predicted molar refractivity (Wildman–Crippen MR) is 102 cm³/mol. The fourth-order valence-corrected chi connectivity index (χ4v) is 2.67. The molecule has 3 N–H and O–H groups in total. The Bertz CT molecular complexity index is 806. The number of esters is 1. The van der Waals surface area contributed by atoms with E-state index in [1.807, 2.05) is 42.5 Å². The second-order valence-electron chi connectivity index (χ2n) is 6.19. The van der Waals surface area contributed by atoms with E-state index in [9.17, 15) is 14.4 Å². The number of amides is 2. The molecular weight excluding hydrogens is 346 g/mol. The van der Waals surface area contributed by atoms with E-state index >= 15 is 0 Å². The molecular formula is C20H21N3O4. The summed E-state index contributed by atoms with van der Waals surface area (Å²) in [4.78, 5) is 35.1.